The first-order valence-corrected chi connectivity index (χ1v) is 8.85. The number of carbonyl (C=O) groups is 1. The molecule has 3 heterocycles. The fourth-order valence-corrected chi connectivity index (χ4v) is 2.51. The zero-order valence-electron chi connectivity index (χ0n) is 14.9. The molecule has 3 aromatic heterocycles. The van der Waals surface area contributed by atoms with Gasteiger partial charge in [0.05, 0.1) is 6.20 Å². The van der Waals surface area contributed by atoms with Gasteiger partial charge in [0.1, 0.15) is 11.3 Å². The first-order valence-electron chi connectivity index (χ1n) is 8.47. The van der Waals surface area contributed by atoms with E-state index in [0.29, 0.717) is 16.6 Å². The van der Waals surface area contributed by atoms with Crippen LogP contribution in [0.15, 0.2) is 71.6 Å². The Morgan fingerprint density at radius 3 is 2.69 bits per heavy atom. The number of ether oxygens (including phenoxy) is 2. The molecule has 4 aromatic rings. The second-order valence-corrected chi connectivity index (χ2v) is 6.18. The van der Waals surface area contributed by atoms with Crippen molar-refractivity contribution in [2.45, 2.75) is 6.61 Å². The summed E-state index contributed by atoms with van der Waals surface area (Å²) >= 11 is 5.87. The van der Waals surface area contributed by atoms with E-state index in [1.807, 2.05) is 0 Å². The lowest BCUT2D eigenvalue weighted by molar-refractivity contribution is 0.0426. The standard InChI is InChI=1S/C20H13ClN4O4/c21-14-7-5-13(6-8-14)18-24-17(29-25-18)12-27-20(26)16-4-2-10-23-19(16)28-15-3-1-9-22-11-15/h1-11H,12H2. The third-order valence-electron chi connectivity index (χ3n) is 3.74. The molecule has 0 fully saturated rings. The summed E-state index contributed by atoms with van der Waals surface area (Å²) < 4.78 is 16.0. The van der Waals surface area contributed by atoms with Gasteiger partial charge in [-0.25, -0.2) is 9.78 Å². The summed E-state index contributed by atoms with van der Waals surface area (Å²) in [6.45, 7) is -0.194. The molecule has 1 aromatic carbocycles. The zero-order chi connectivity index (χ0) is 20.1. The molecule has 9 heteroatoms. The predicted octanol–water partition coefficient (Wildman–Crippen LogP) is 4.33. The number of benzene rings is 1. The summed E-state index contributed by atoms with van der Waals surface area (Å²) in [5.41, 5.74) is 0.893. The van der Waals surface area contributed by atoms with Gasteiger partial charge in [0.2, 0.25) is 11.7 Å². The van der Waals surface area contributed by atoms with E-state index in [4.69, 9.17) is 25.6 Å². The average Bonchev–Trinajstić information content (AvgIpc) is 3.23. The van der Waals surface area contributed by atoms with Crippen LogP contribution in [0.2, 0.25) is 5.02 Å². The number of esters is 1. The minimum atomic E-state index is -0.636. The van der Waals surface area contributed by atoms with Crippen molar-refractivity contribution in [3.05, 3.63) is 83.6 Å². The van der Waals surface area contributed by atoms with E-state index >= 15 is 0 Å². The number of halogens is 1. The van der Waals surface area contributed by atoms with Crippen LogP contribution in [-0.4, -0.2) is 26.1 Å². The van der Waals surface area contributed by atoms with E-state index in [9.17, 15) is 4.79 Å². The number of hydrogen-bond donors (Lipinski definition) is 0. The molecule has 0 saturated carbocycles. The molecule has 0 spiro atoms. The van der Waals surface area contributed by atoms with Crippen molar-refractivity contribution in [3.8, 4) is 23.0 Å². The lowest BCUT2D eigenvalue weighted by atomic mass is 10.2. The number of pyridine rings is 2. The molecule has 0 aliphatic carbocycles. The molecule has 0 aliphatic heterocycles. The first-order chi connectivity index (χ1) is 14.2. The number of rotatable bonds is 6. The van der Waals surface area contributed by atoms with Gasteiger partial charge in [-0.05, 0) is 48.5 Å². The van der Waals surface area contributed by atoms with E-state index in [1.54, 1.807) is 54.7 Å². The normalized spacial score (nSPS) is 10.5. The van der Waals surface area contributed by atoms with Gasteiger partial charge in [-0.2, -0.15) is 4.98 Å². The Morgan fingerprint density at radius 1 is 1.07 bits per heavy atom. The number of nitrogens with zero attached hydrogens (tertiary/aromatic N) is 4. The molecule has 8 nitrogen and oxygen atoms in total. The van der Waals surface area contributed by atoms with Gasteiger partial charge in [0.25, 0.3) is 5.89 Å². The molecule has 144 valence electrons. The molecule has 0 bridgehead atoms. The monoisotopic (exact) mass is 408 g/mol. The maximum Gasteiger partial charge on any atom is 0.344 e. The van der Waals surface area contributed by atoms with Gasteiger partial charge in [-0.1, -0.05) is 16.8 Å². The van der Waals surface area contributed by atoms with Crippen LogP contribution in [0.1, 0.15) is 16.2 Å². The Kier molecular flexibility index (Phi) is 5.44. The van der Waals surface area contributed by atoms with E-state index in [2.05, 4.69) is 20.1 Å². The topological polar surface area (TPSA) is 100 Å². The Bertz CT molecular complexity index is 1120. The van der Waals surface area contributed by atoms with Crippen LogP contribution in [0.25, 0.3) is 11.4 Å². The van der Waals surface area contributed by atoms with Gasteiger partial charge in [-0.3, -0.25) is 4.98 Å². The number of aromatic nitrogens is 4. The molecule has 0 atom stereocenters. The quantitative estimate of drug-likeness (QED) is 0.434. The molecule has 0 saturated heterocycles. The molecule has 0 N–H and O–H groups in total. The molecule has 0 radical (unpaired) electrons. The predicted molar refractivity (Wildman–Crippen MR) is 102 cm³/mol. The highest BCUT2D eigenvalue weighted by molar-refractivity contribution is 6.30. The van der Waals surface area contributed by atoms with Crippen molar-refractivity contribution in [2.75, 3.05) is 0 Å². The van der Waals surface area contributed by atoms with Gasteiger partial charge < -0.3 is 14.0 Å². The van der Waals surface area contributed by atoms with Crippen LogP contribution in [0.4, 0.5) is 0 Å². The maximum absolute atomic E-state index is 12.5. The van der Waals surface area contributed by atoms with Crippen LogP contribution < -0.4 is 4.74 Å². The Balaban J connectivity index is 1.43. The Morgan fingerprint density at radius 2 is 1.90 bits per heavy atom. The van der Waals surface area contributed by atoms with Crippen LogP contribution >= 0.6 is 11.6 Å². The molecule has 29 heavy (non-hydrogen) atoms. The van der Waals surface area contributed by atoms with Crippen molar-refractivity contribution < 1.29 is 18.8 Å². The SMILES string of the molecule is O=C(OCc1nc(-c2ccc(Cl)cc2)no1)c1cccnc1Oc1cccnc1. The molecule has 0 aliphatic rings. The highest BCUT2D eigenvalue weighted by Gasteiger charge is 2.18. The lowest BCUT2D eigenvalue weighted by Gasteiger charge is -2.08. The number of carbonyl (C=O) groups excluding carboxylic acids is 1. The second-order valence-electron chi connectivity index (χ2n) is 5.74. The highest BCUT2D eigenvalue weighted by atomic mass is 35.5. The largest absolute Gasteiger partial charge is 0.452 e. The summed E-state index contributed by atoms with van der Waals surface area (Å²) in [6.07, 6.45) is 4.64. The fourth-order valence-electron chi connectivity index (χ4n) is 2.38. The van der Waals surface area contributed by atoms with E-state index in [1.165, 1.54) is 12.4 Å². The number of hydrogen-bond acceptors (Lipinski definition) is 8. The van der Waals surface area contributed by atoms with Crippen molar-refractivity contribution in [1.82, 2.24) is 20.1 Å². The van der Waals surface area contributed by atoms with Crippen LogP contribution in [0.3, 0.4) is 0 Å². The average molecular weight is 409 g/mol. The summed E-state index contributed by atoms with van der Waals surface area (Å²) in [7, 11) is 0. The van der Waals surface area contributed by atoms with Crippen LogP contribution in [0.5, 0.6) is 11.6 Å². The molecule has 0 amide bonds. The Hall–Kier alpha value is -3.78. The molecule has 0 unspecified atom stereocenters. The lowest BCUT2D eigenvalue weighted by Crippen LogP contribution is -2.08. The highest BCUT2D eigenvalue weighted by Crippen LogP contribution is 2.23. The van der Waals surface area contributed by atoms with Gasteiger partial charge in [-0.15, -0.1) is 0 Å². The molecular weight excluding hydrogens is 396 g/mol. The van der Waals surface area contributed by atoms with Crippen molar-refractivity contribution in [2.24, 2.45) is 0 Å². The van der Waals surface area contributed by atoms with Crippen LogP contribution in [0, 0.1) is 0 Å². The van der Waals surface area contributed by atoms with Crippen molar-refractivity contribution in [3.63, 3.8) is 0 Å². The summed E-state index contributed by atoms with van der Waals surface area (Å²) in [5, 5.41) is 4.48. The maximum atomic E-state index is 12.5. The summed E-state index contributed by atoms with van der Waals surface area (Å²) in [6, 6.07) is 13.5. The fraction of sp³-hybridized carbons (Fsp3) is 0.0500. The molecular formula is C20H13ClN4O4. The van der Waals surface area contributed by atoms with E-state index in [-0.39, 0.29) is 23.9 Å². The smallest absolute Gasteiger partial charge is 0.344 e. The summed E-state index contributed by atoms with van der Waals surface area (Å²) in [5.74, 6) is 0.447. The van der Waals surface area contributed by atoms with Crippen molar-refractivity contribution in [1.29, 1.82) is 0 Å². The van der Waals surface area contributed by atoms with Gasteiger partial charge in [0, 0.05) is 23.0 Å². The van der Waals surface area contributed by atoms with E-state index < -0.39 is 5.97 Å². The van der Waals surface area contributed by atoms with Gasteiger partial charge in [0.15, 0.2) is 6.61 Å². The zero-order valence-corrected chi connectivity index (χ0v) is 15.6. The summed E-state index contributed by atoms with van der Waals surface area (Å²) in [4.78, 5) is 24.7. The molecule has 4 rings (SSSR count). The minimum absolute atomic E-state index is 0.109. The first kappa shape index (κ1) is 18.6. The minimum Gasteiger partial charge on any atom is -0.452 e. The Labute approximate surface area is 170 Å². The third-order valence-corrected chi connectivity index (χ3v) is 3.99. The van der Waals surface area contributed by atoms with Crippen molar-refractivity contribution >= 4 is 17.6 Å². The van der Waals surface area contributed by atoms with Gasteiger partial charge >= 0.3 is 5.97 Å². The second kappa shape index (κ2) is 8.49. The van der Waals surface area contributed by atoms with E-state index in [0.717, 1.165) is 5.56 Å². The third kappa shape index (κ3) is 4.56. The van der Waals surface area contributed by atoms with Crippen LogP contribution in [-0.2, 0) is 11.3 Å².